The fraction of sp³-hybridized carbons (Fsp3) is 0.0952. The van der Waals surface area contributed by atoms with E-state index in [1.54, 1.807) is 48.8 Å². The van der Waals surface area contributed by atoms with Crippen molar-refractivity contribution in [3.05, 3.63) is 94.1 Å². The maximum Gasteiger partial charge on any atom is 0.277 e. The number of carbonyl (C=O) groups excluding carboxylic acids is 1. The van der Waals surface area contributed by atoms with Gasteiger partial charge in [-0.25, -0.2) is 9.07 Å². The highest BCUT2D eigenvalue weighted by molar-refractivity contribution is 6.32. The van der Waals surface area contributed by atoms with Gasteiger partial charge in [0.15, 0.2) is 18.2 Å². The number of aromatic nitrogens is 4. The van der Waals surface area contributed by atoms with Gasteiger partial charge in [-0.15, -0.1) is 0 Å². The number of nitrogens with one attached hydrogen (secondary N) is 1. The Morgan fingerprint density at radius 2 is 1.74 bits per heavy atom. The highest BCUT2D eigenvalue weighted by Gasteiger charge is 2.13. The molecule has 0 aliphatic heterocycles. The minimum atomic E-state index is -0.439. The van der Waals surface area contributed by atoms with Crippen LogP contribution in [0.2, 0.25) is 10.0 Å². The molecule has 0 bridgehead atoms. The predicted octanol–water partition coefficient (Wildman–Crippen LogP) is 4.86. The molecule has 0 saturated heterocycles. The molecule has 2 heterocycles. The van der Waals surface area contributed by atoms with Gasteiger partial charge in [-0.2, -0.15) is 10.2 Å². The molecule has 0 radical (unpaired) electrons. The van der Waals surface area contributed by atoms with Crippen LogP contribution in [0.5, 0.6) is 5.75 Å². The summed E-state index contributed by atoms with van der Waals surface area (Å²) in [5.74, 6) is -0.0331. The molecule has 4 aromatic rings. The molecule has 0 atom stereocenters. The molecule has 1 amide bonds. The Morgan fingerprint density at radius 3 is 2.55 bits per heavy atom. The van der Waals surface area contributed by atoms with Gasteiger partial charge in [0.25, 0.3) is 5.91 Å². The summed E-state index contributed by atoms with van der Waals surface area (Å²) >= 11 is 12.1. The normalized spacial score (nSPS) is 10.8. The Hall–Kier alpha value is -3.36. The molecule has 31 heavy (non-hydrogen) atoms. The summed E-state index contributed by atoms with van der Waals surface area (Å²) in [4.78, 5) is 12.5. The van der Waals surface area contributed by atoms with Crippen molar-refractivity contribution in [1.29, 1.82) is 0 Å². The lowest BCUT2D eigenvalue weighted by molar-refractivity contribution is 0.101. The number of hydrogen-bond donors (Lipinski definition) is 1. The first-order valence-corrected chi connectivity index (χ1v) is 9.93. The first kappa shape index (κ1) is 20.9. The third kappa shape index (κ3) is 5.04. The quantitative estimate of drug-likeness (QED) is 0.428. The number of ether oxygens (including phenoxy) is 1. The second-order valence-electron chi connectivity index (χ2n) is 6.50. The number of hydrogen-bond acceptors (Lipinski definition) is 4. The van der Waals surface area contributed by atoms with E-state index in [4.69, 9.17) is 27.9 Å². The molecule has 0 fully saturated rings. The minimum Gasteiger partial charge on any atom is -0.470 e. The average Bonchev–Trinajstić information content (AvgIpc) is 3.40. The Labute approximate surface area is 187 Å². The van der Waals surface area contributed by atoms with Gasteiger partial charge >= 0.3 is 0 Å². The van der Waals surface area contributed by atoms with Crippen molar-refractivity contribution in [3.63, 3.8) is 0 Å². The first-order chi connectivity index (χ1) is 15.0. The molecule has 2 aromatic heterocycles. The molecule has 0 aliphatic rings. The van der Waals surface area contributed by atoms with Gasteiger partial charge in [0, 0.05) is 29.0 Å². The molecular weight excluding hydrogens is 444 g/mol. The van der Waals surface area contributed by atoms with Crippen molar-refractivity contribution in [3.8, 4) is 5.75 Å². The lowest BCUT2D eigenvalue weighted by Gasteiger charge is -2.07. The van der Waals surface area contributed by atoms with Gasteiger partial charge < -0.3 is 10.1 Å². The van der Waals surface area contributed by atoms with Gasteiger partial charge in [0.05, 0.1) is 11.6 Å². The zero-order chi connectivity index (χ0) is 21.8. The summed E-state index contributed by atoms with van der Waals surface area (Å²) < 4.78 is 22.5. The molecule has 0 spiro atoms. The number of benzene rings is 2. The molecule has 10 heteroatoms. The highest BCUT2D eigenvalue weighted by atomic mass is 35.5. The average molecular weight is 460 g/mol. The molecule has 0 aliphatic carbocycles. The number of anilines is 1. The number of nitrogens with zero attached hydrogens (tertiary/aromatic N) is 4. The topological polar surface area (TPSA) is 74.0 Å². The molecule has 1 N–H and O–H groups in total. The Balaban J connectivity index is 1.36. The van der Waals surface area contributed by atoms with E-state index in [1.165, 1.54) is 21.5 Å². The van der Waals surface area contributed by atoms with Gasteiger partial charge in [-0.1, -0.05) is 41.4 Å². The van der Waals surface area contributed by atoms with Crippen molar-refractivity contribution in [2.24, 2.45) is 0 Å². The summed E-state index contributed by atoms with van der Waals surface area (Å²) in [7, 11) is 0. The maximum atomic E-state index is 13.9. The lowest BCUT2D eigenvalue weighted by atomic mass is 10.2. The molecule has 4 rings (SSSR count). The zero-order valence-electron chi connectivity index (χ0n) is 16.0. The van der Waals surface area contributed by atoms with Crippen LogP contribution >= 0.6 is 23.2 Å². The monoisotopic (exact) mass is 459 g/mol. The largest absolute Gasteiger partial charge is 0.470 e. The van der Waals surface area contributed by atoms with E-state index in [2.05, 4.69) is 15.5 Å². The molecule has 0 saturated carbocycles. The summed E-state index contributed by atoms with van der Waals surface area (Å²) in [6.07, 6.45) is 3.24. The van der Waals surface area contributed by atoms with Crippen LogP contribution in [0, 0.1) is 5.82 Å². The van der Waals surface area contributed by atoms with Crippen LogP contribution in [0.4, 0.5) is 10.2 Å². The van der Waals surface area contributed by atoms with Gasteiger partial charge in [-0.05, 0) is 30.3 Å². The van der Waals surface area contributed by atoms with Gasteiger partial charge in [-0.3, -0.25) is 9.48 Å². The first-order valence-electron chi connectivity index (χ1n) is 9.18. The molecule has 2 aromatic carbocycles. The standard InChI is InChI=1S/C21H16Cl2FN5O2/c22-15-5-3-6-17(24)14(15)12-28-11-9-20(27-28)25-21(30)18-8-10-29(26-18)13-31-19-7-2-1-4-16(19)23/h1-11H,12-13H2,(H,25,27,30). The van der Waals surface area contributed by atoms with Crippen molar-refractivity contribution < 1.29 is 13.9 Å². The number of rotatable bonds is 7. The van der Waals surface area contributed by atoms with Crippen molar-refractivity contribution in [2.45, 2.75) is 13.3 Å². The van der Waals surface area contributed by atoms with Crippen molar-refractivity contribution >= 4 is 34.9 Å². The van der Waals surface area contributed by atoms with E-state index in [0.29, 0.717) is 27.2 Å². The smallest absolute Gasteiger partial charge is 0.277 e. The number of halogens is 3. The van der Waals surface area contributed by atoms with Crippen LogP contribution in [0.25, 0.3) is 0 Å². The van der Waals surface area contributed by atoms with Crippen molar-refractivity contribution in [1.82, 2.24) is 19.6 Å². The van der Waals surface area contributed by atoms with Crippen LogP contribution in [0.1, 0.15) is 16.1 Å². The molecular formula is C21H16Cl2FN5O2. The summed E-state index contributed by atoms with van der Waals surface area (Å²) in [5, 5.41) is 11.9. The second-order valence-corrected chi connectivity index (χ2v) is 7.31. The van der Waals surface area contributed by atoms with Crippen LogP contribution in [0.3, 0.4) is 0 Å². The fourth-order valence-electron chi connectivity index (χ4n) is 2.79. The predicted molar refractivity (Wildman–Crippen MR) is 115 cm³/mol. The lowest BCUT2D eigenvalue weighted by Crippen LogP contribution is -2.15. The Bertz CT molecular complexity index is 1200. The zero-order valence-corrected chi connectivity index (χ0v) is 17.5. The van der Waals surface area contributed by atoms with E-state index in [9.17, 15) is 9.18 Å². The highest BCUT2D eigenvalue weighted by Crippen LogP contribution is 2.23. The Kier molecular flexibility index (Phi) is 6.20. The van der Waals surface area contributed by atoms with Crippen LogP contribution in [-0.2, 0) is 13.3 Å². The number of carbonyl (C=O) groups is 1. The Morgan fingerprint density at radius 1 is 0.968 bits per heavy atom. The molecule has 7 nitrogen and oxygen atoms in total. The minimum absolute atomic E-state index is 0.0923. The van der Waals surface area contributed by atoms with E-state index >= 15 is 0 Å². The summed E-state index contributed by atoms with van der Waals surface area (Å²) in [6.45, 7) is 0.227. The third-order valence-corrected chi connectivity index (χ3v) is 4.99. The third-order valence-electron chi connectivity index (χ3n) is 4.33. The summed E-state index contributed by atoms with van der Waals surface area (Å²) in [6, 6.07) is 14.7. The number of amides is 1. The summed E-state index contributed by atoms with van der Waals surface area (Å²) in [5.41, 5.74) is 0.511. The van der Waals surface area contributed by atoms with Gasteiger partial charge in [0.1, 0.15) is 11.6 Å². The fourth-order valence-corrected chi connectivity index (χ4v) is 3.21. The number of para-hydroxylation sites is 1. The van der Waals surface area contributed by atoms with E-state index in [-0.39, 0.29) is 19.0 Å². The van der Waals surface area contributed by atoms with E-state index in [0.717, 1.165) is 0 Å². The van der Waals surface area contributed by atoms with Crippen LogP contribution < -0.4 is 10.1 Å². The van der Waals surface area contributed by atoms with Crippen LogP contribution in [-0.4, -0.2) is 25.5 Å². The van der Waals surface area contributed by atoms with Crippen LogP contribution in [0.15, 0.2) is 67.0 Å². The molecule has 158 valence electrons. The van der Waals surface area contributed by atoms with Gasteiger partial charge in [0.2, 0.25) is 0 Å². The maximum absolute atomic E-state index is 13.9. The SMILES string of the molecule is O=C(Nc1ccn(Cc2c(F)cccc2Cl)n1)c1ccn(COc2ccccc2Cl)n1. The van der Waals surface area contributed by atoms with E-state index < -0.39 is 11.7 Å². The molecule has 0 unspecified atom stereocenters. The van der Waals surface area contributed by atoms with E-state index in [1.807, 2.05) is 6.07 Å². The second kappa shape index (κ2) is 9.20. The van der Waals surface area contributed by atoms with Crippen molar-refractivity contribution in [2.75, 3.05) is 5.32 Å².